The van der Waals surface area contributed by atoms with Crippen LogP contribution in [0.3, 0.4) is 0 Å². The summed E-state index contributed by atoms with van der Waals surface area (Å²) in [6.45, 7) is 2.76. The fourth-order valence-electron chi connectivity index (χ4n) is 4.62. The van der Waals surface area contributed by atoms with Crippen molar-refractivity contribution in [1.29, 1.82) is 0 Å². The predicted molar refractivity (Wildman–Crippen MR) is 135 cm³/mol. The van der Waals surface area contributed by atoms with Gasteiger partial charge in [0.15, 0.2) is 9.84 Å². The van der Waals surface area contributed by atoms with Crippen LogP contribution in [0.25, 0.3) is 0 Å². The molecule has 2 saturated heterocycles. The molecule has 2 atom stereocenters. The molecule has 190 valence electrons. The quantitative estimate of drug-likeness (QED) is 0.509. The van der Waals surface area contributed by atoms with E-state index < -0.39 is 31.8 Å². The van der Waals surface area contributed by atoms with Crippen molar-refractivity contribution in [2.45, 2.75) is 43.2 Å². The zero-order valence-electron chi connectivity index (χ0n) is 19.5. The Hall–Kier alpha value is -2.14. The van der Waals surface area contributed by atoms with Crippen LogP contribution in [-0.2, 0) is 24.6 Å². The second-order valence-corrected chi connectivity index (χ2v) is 13.3. The van der Waals surface area contributed by atoms with E-state index >= 15 is 0 Å². The maximum Gasteiger partial charge on any atom is 0.264 e. The van der Waals surface area contributed by atoms with Crippen molar-refractivity contribution in [2.24, 2.45) is 0 Å². The van der Waals surface area contributed by atoms with Gasteiger partial charge in [-0.3, -0.25) is 9.10 Å². The van der Waals surface area contributed by atoms with Gasteiger partial charge in [-0.15, -0.1) is 0 Å². The number of benzene rings is 2. The normalized spacial score (nSPS) is 21.7. The van der Waals surface area contributed by atoms with Crippen LogP contribution in [0.4, 0.5) is 5.69 Å². The molecule has 0 spiro atoms. The Labute approximate surface area is 211 Å². The molecule has 2 heterocycles. The van der Waals surface area contributed by atoms with Crippen LogP contribution < -0.4 is 4.31 Å². The minimum atomic E-state index is -3.98. The first-order chi connectivity index (χ1) is 16.6. The lowest BCUT2D eigenvalue weighted by molar-refractivity contribution is 0.0441. The minimum absolute atomic E-state index is 0.0116. The van der Waals surface area contributed by atoms with Crippen molar-refractivity contribution in [1.82, 2.24) is 4.90 Å². The predicted octanol–water partition coefficient (Wildman–Crippen LogP) is 3.36. The van der Waals surface area contributed by atoms with Crippen molar-refractivity contribution < 1.29 is 26.4 Å². The second-order valence-electron chi connectivity index (χ2n) is 8.80. The Bertz CT molecular complexity index is 1280. The number of carbonyl (C=O) groups excluding carboxylic acids is 1. The molecule has 8 nitrogen and oxygen atoms in total. The summed E-state index contributed by atoms with van der Waals surface area (Å²) in [5.41, 5.74) is 0.535. The van der Waals surface area contributed by atoms with Crippen molar-refractivity contribution in [3.63, 3.8) is 0 Å². The van der Waals surface area contributed by atoms with Gasteiger partial charge in [-0.2, -0.15) is 0 Å². The average molecular weight is 541 g/mol. The zero-order chi connectivity index (χ0) is 25.2. The highest BCUT2D eigenvalue weighted by Crippen LogP contribution is 2.29. The minimum Gasteiger partial charge on any atom is -0.376 e. The van der Waals surface area contributed by atoms with Crippen LogP contribution in [0.15, 0.2) is 53.4 Å². The Morgan fingerprint density at radius 1 is 1.14 bits per heavy atom. The molecule has 0 aliphatic carbocycles. The third-order valence-electron chi connectivity index (χ3n) is 6.42. The van der Waals surface area contributed by atoms with E-state index in [9.17, 15) is 21.6 Å². The Morgan fingerprint density at radius 3 is 2.49 bits per heavy atom. The first kappa shape index (κ1) is 25.9. The molecule has 11 heteroatoms. The van der Waals surface area contributed by atoms with Crippen molar-refractivity contribution in [3.05, 3.63) is 59.1 Å². The number of amides is 1. The molecule has 2 aromatic carbocycles. The molecule has 0 radical (unpaired) electrons. The molecule has 2 aliphatic heterocycles. The number of para-hydroxylation sites is 1. The Kier molecular flexibility index (Phi) is 7.75. The molecule has 0 bridgehead atoms. The fraction of sp³-hybridized carbons (Fsp3) is 0.458. The molecule has 2 aromatic rings. The van der Waals surface area contributed by atoms with Gasteiger partial charge in [-0.05, 0) is 56.5 Å². The number of hydrogen-bond donors (Lipinski definition) is 0. The van der Waals surface area contributed by atoms with Crippen LogP contribution in [0.2, 0.25) is 5.02 Å². The molecule has 4 rings (SSSR count). The number of anilines is 1. The van der Waals surface area contributed by atoms with E-state index in [1.165, 1.54) is 27.4 Å². The average Bonchev–Trinajstić information content (AvgIpc) is 3.47. The van der Waals surface area contributed by atoms with E-state index in [1.807, 2.05) is 0 Å². The molecule has 1 amide bonds. The lowest BCUT2D eigenvalue weighted by Crippen LogP contribution is -2.45. The van der Waals surface area contributed by atoms with Gasteiger partial charge in [-0.1, -0.05) is 29.8 Å². The summed E-state index contributed by atoms with van der Waals surface area (Å²) in [6.07, 6.45) is 1.78. The van der Waals surface area contributed by atoms with E-state index in [1.54, 1.807) is 37.3 Å². The van der Waals surface area contributed by atoms with E-state index in [0.29, 0.717) is 18.7 Å². The number of hydrogen-bond acceptors (Lipinski definition) is 6. The first-order valence-electron chi connectivity index (χ1n) is 11.6. The summed E-state index contributed by atoms with van der Waals surface area (Å²) in [5.74, 6) is -0.608. The van der Waals surface area contributed by atoms with Crippen LogP contribution in [-0.4, -0.2) is 71.0 Å². The first-order valence-corrected chi connectivity index (χ1v) is 15.3. The summed E-state index contributed by atoms with van der Waals surface area (Å²) in [7, 11) is -7.23. The van der Waals surface area contributed by atoms with Gasteiger partial charge in [0.1, 0.15) is 0 Å². The topological polar surface area (TPSA) is 101 Å². The van der Waals surface area contributed by atoms with Crippen molar-refractivity contribution in [2.75, 3.05) is 35.5 Å². The summed E-state index contributed by atoms with van der Waals surface area (Å²) in [6, 6.07) is 12.3. The lowest BCUT2D eigenvalue weighted by atomic mass is 10.1. The molecule has 2 aliphatic rings. The maximum absolute atomic E-state index is 13.7. The number of halogens is 1. The highest BCUT2D eigenvalue weighted by atomic mass is 35.5. The highest BCUT2D eigenvalue weighted by Gasteiger charge is 2.37. The van der Waals surface area contributed by atoms with Gasteiger partial charge in [0.25, 0.3) is 15.9 Å². The highest BCUT2D eigenvalue weighted by molar-refractivity contribution is 7.92. The van der Waals surface area contributed by atoms with Gasteiger partial charge in [0, 0.05) is 25.7 Å². The van der Waals surface area contributed by atoms with E-state index in [-0.39, 0.29) is 46.2 Å². The summed E-state index contributed by atoms with van der Waals surface area (Å²) in [5, 5.41) is 0.106. The SMILES string of the molecule is CCN(c1ccccc1)S(=O)(=O)c1ccc(Cl)c(C(=O)N(C[C@@H]2CCCO2)[C@@H]2CCS(=O)(=O)C2)c1. The number of sulfone groups is 1. The van der Waals surface area contributed by atoms with Gasteiger partial charge in [-0.25, -0.2) is 16.8 Å². The van der Waals surface area contributed by atoms with Crippen LogP contribution in [0.5, 0.6) is 0 Å². The second kappa shape index (κ2) is 10.5. The third-order valence-corrected chi connectivity index (χ3v) is 10.4. The molecule has 35 heavy (non-hydrogen) atoms. The molecular formula is C24H29ClN2O6S2. The van der Waals surface area contributed by atoms with E-state index in [0.717, 1.165) is 12.8 Å². The summed E-state index contributed by atoms with van der Waals surface area (Å²) in [4.78, 5) is 15.2. The standard InChI is InChI=1S/C24H29ClN2O6S2/c1-2-27(18-7-4-3-5-8-18)35(31,32)21-10-11-23(25)22(15-21)24(28)26(16-20-9-6-13-33-20)19-12-14-34(29,30)17-19/h3-5,7-8,10-11,15,19-20H,2,6,9,12-14,16-17H2,1H3/t19-,20+/m1/s1. The number of sulfonamides is 1. The largest absolute Gasteiger partial charge is 0.376 e. The number of ether oxygens (including phenoxy) is 1. The molecule has 2 fully saturated rings. The monoisotopic (exact) mass is 540 g/mol. The summed E-state index contributed by atoms with van der Waals surface area (Å²) < 4.78 is 58.3. The molecule has 0 unspecified atom stereocenters. The molecular weight excluding hydrogens is 512 g/mol. The van der Waals surface area contributed by atoms with Gasteiger partial charge in [0.05, 0.1) is 38.8 Å². The Balaban J connectivity index is 1.69. The smallest absolute Gasteiger partial charge is 0.264 e. The van der Waals surface area contributed by atoms with Crippen LogP contribution in [0, 0.1) is 0 Å². The van der Waals surface area contributed by atoms with Gasteiger partial charge in [0.2, 0.25) is 0 Å². The fourth-order valence-corrected chi connectivity index (χ4v) is 8.05. The van der Waals surface area contributed by atoms with Gasteiger partial charge < -0.3 is 9.64 Å². The van der Waals surface area contributed by atoms with E-state index in [2.05, 4.69) is 0 Å². The number of nitrogens with zero attached hydrogens (tertiary/aromatic N) is 2. The Morgan fingerprint density at radius 2 is 1.89 bits per heavy atom. The number of carbonyl (C=O) groups is 1. The van der Waals surface area contributed by atoms with Crippen LogP contribution in [0.1, 0.15) is 36.5 Å². The number of rotatable bonds is 8. The molecule has 0 aromatic heterocycles. The van der Waals surface area contributed by atoms with Crippen molar-refractivity contribution in [3.8, 4) is 0 Å². The molecule has 0 saturated carbocycles. The maximum atomic E-state index is 13.7. The molecule has 0 N–H and O–H groups in total. The van der Waals surface area contributed by atoms with Gasteiger partial charge >= 0.3 is 0 Å². The summed E-state index contributed by atoms with van der Waals surface area (Å²) >= 11 is 6.39. The zero-order valence-corrected chi connectivity index (χ0v) is 21.9. The third kappa shape index (κ3) is 5.66. The lowest BCUT2D eigenvalue weighted by Gasteiger charge is -2.31. The van der Waals surface area contributed by atoms with Crippen LogP contribution >= 0.6 is 11.6 Å². The van der Waals surface area contributed by atoms with E-state index in [4.69, 9.17) is 16.3 Å². The van der Waals surface area contributed by atoms with Crippen molar-refractivity contribution >= 4 is 43.1 Å².